The molecule has 6 rings (SSSR count). The molecule has 3 aromatic rings. The molecule has 192 valence electrons. The lowest BCUT2D eigenvalue weighted by Gasteiger charge is -2.43. The average Bonchev–Trinajstić information content (AvgIpc) is 2.93. The third-order valence-electron chi connectivity index (χ3n) is 7.86. The van der Waals surface area contributed by atoms with Crippen LogP contribution in [0.4, 0.5) is 27.3 Å². The maximum absolute atomic E-state index is 17.1. The Morgan fingerprint density at radius 2 is 1.81 bits per heavy atom. The van der Waals surface area contributed by atoms with Crippen LogP contribution in [0.3, 0.4) is 0 Å². The summed E-state index contributed by atoms with van der Waals surface area (Å²) in [6.07, 6.45) is -4.56. The van der Waals surface area contributed by atoms with E-state index in [1.807, 2.05) is 25.8 Å². The molecule has 0 amide bonds. The Kier molecular flexibility index (Phi) is 5.06. The standard InChI is InChI=1S/C25H25F5N4OS/c1-13-11-33(12-14(2)32(13)3)23-17-10-18(25(27,28)29)20-16-6-5-15(26)9-19(16)36(30)8-4-7-34(24(35)31-23)21(17)22(20)36/h5-6,9-10,13-14H,4,7-8,11-12H2,1-3H3. The highest BCUT2D eigenvalue weighted by Gasteiger charge is 2.49. The molecule has 0 N–H and O–H groups in total. The van der Waals surface area contributed by atoms with Crippen LogP contribution in [0.25, 0.3) is 22.0 Å². The number of fused-ring (bicyclic) bond motifs is 3. The van der Waals surface area contributed by atoms with E-state index >= 15 is 3.89 Å². The first-order chi connectivity index (χ1) is 16.9. The summed E-state index contributed by atoms with van der Waals surface area (Å²) in [7, 11) is -1.52. The summed E-state index contributed by atoms with van der Waals surface area (Å²) in [5.74, 6) is -0.628. The number of rotatable bonds is 1. The fourth-order valence-electron chi connectivity index (χ4n) is 5.94. The predicted molar refractivity (Wildman–Crippen MR) is 130 cm³/mol. The van der Waals surface area contributed by atoms with E-state index in [0.717, 1.165) is 18.2 Å². The van der Waals surface area contributed by atoms with E-state index in [0.29, 0.717) is 13.1 Å². The molecule has 0 aliphatic carbocycles. The van der Waals surface area contributed by atoms with Crippen molar-refractivity contribution in [1.29, 1.82) is 0 Å². The van der Waals surface area contributed by atoms with E-state index < -0.39 is 33.7 Å². The van der Waals surface area contributed by atoms with Gasteiger partial charge < -0.3 is 4.90 Å². The minimum absolute atomic E-state index is 0.0309. The number of alkyl halides is 3. The number of piperazine rings is 1. The van der Waals surface area contributed by atoms with Gasteiger partial charge in [-0.1, -0.05) is 6.07 Å². The van der Waals surface area contributed by atoms with Gasteiger partial charge in [-0.3, -0.25) is 9.47 Å². The molecule has 11 heteroatoms. The number of benzene rings is 2. The lowest BCUT2D eigenvalue weighted by atomic mass is 9.96. The molecule has 1 fully saturated rings. The molecule has 4 heterocycles. The maximum atomic E-state index is 17.1. The quantitative estimate of drug-likeness (QED) is 0.390. The van der Waals surface area contributed by atoms with Crippen molar-refractivity contribution in [2.75, 3.05) is 30.8 Å². The Hall–Kier alpha value is -2.66. The van der Waals surface area contributed by atoms with Gasteiger partial charge in [0.25, 0.3) is 0 Å². The maximum Gasteiger partial charge on any atom is 0.417 e. The van der Waals surface area contributed by atoms with Crippen LogP contribution in [-0.2, 0) is 12.7 Å². The first-order valence-corrected chi connectivity index (χ1v) is 13.6. The zero-order valence-corrected chi connectivity index (χ0v) is 20.8. The normalized spacial score (nSPS) is 27.6. The number of halogens is 5. The highest BCUT2D eigenvalue weighted by atomic mass is 32.3. The van der Waals surface area contributed by atoms with Gasteiger partial charge in [-0.05, 0) is 61.5 Å². The first-order valence-electron chi connectivity index (χ1n) is 11.9. The van der Waals surface area contributed by atoms with Crippen molar-refractivity contribution in [3.8, 4) is 11.1 Å². The van der Waals surface area contributed by atoms with Crippen LogP contribution in [0.1, 0.15) is 25.8 Å². The summed E-state index contributed by atoms with van der Waals surface area (Å²) in [4.78, 5) is 21.4. The molecule has 36 heavy (non-hydrogen) atoms. The van der Waals surface area contributed by atoms with E-state index in [1.54, 1.807) is 0 Å². The number of aromatic nitrogens is 2. The third-order valence-corrected chi connectivity index (χ3v) is 10.8. The van der Waals surface area contributed by atoms with Crippen molar-refractivity contribution >= 4 is 27.1 Å². The molecule has 3 unspecified atom stereocenters. The van der Waals surface area contributed by atoms with Crippen LogP contribution in [0.2, 0.25) is 0 Å². The molecule has 1 aromatic heterocycles. The molecule has 0 saturated carbocycles. The molecule has 5 nitrogen and oxygen atoms in total. The number of aryl methyl sites for hydroxylation is 1. The molecular weight excluding hydrogens is 499 g/mol. The SMILES string of the molecule is CC1CN(c2nc(=O)n3c4c5c(c(C(F)(F)F)cc24)-c2ccc(F)cc2S5(F)CCC3)CC(C)N1C. The van der Waals surface area contributed by atoms with Crippen molar-refractivity contribution in [2.45, 2.75) is 54.9 Å². The minimum atomic E-state index is -4.79. The molecular formula is C25H25F5N4OS. The predicted octanol–water partition coefficient (Wildman–Crippen LogP) is 5.57. The van der Waals surface area contributed by atoms with Gasteiger partial charge in [0.2, 0.25) is 0 Å². The number of nitrogens with zero attached hydrogens (tertiary/aromatic N) is 4. The molecule has 3 aliphatic rings. The van der Waals surface area contributed by atoms with Crippen molar-refractivity contribution in [3.63, 3.8) is 0 Å². The lowest BCUT2D eigenvalue weighted by Crippen LogP contribution is -2.55. The highest BCUT2D eigenvalue weighted by molar-refractivity contribution is 8.30. The van der Waals surface area contributed by atoms with Crippen LogP contribution < -0.4 is 10.6 Å². The van der Waals surface area contributed by atoms with Gasteiger partial charge in [0, 0.05) is 53.3 Å². The van der Waals surface area contributed by atoms with Gasteiger partial charge in [-0.25, -0.2) is 9.18 Å². The topological polar surface area (TPSA) is 41.4 Å². The summed E-state index contributed by atoms with van der Waals surface area (Å²) < 4.78 is 76.3. The fraction of sp³-hybridized carbons (Fsp3) is 0.440. The van der Waals surface area contributed by atoms with Gasteiger partial charge in [0.15, 0.2) is 0 Å². The Bertz CT molecular complexity index is 1480. The summed E-state index contributed by atoms with van der Waals surface area (Å²) in [6.45, 7) is 5.06. The van der Waals surface area contributed by atoms with Crippen molar-refractivity contribution < 1.29 is 21.4 Å². The molecule has 3 atom stereocenters. The second-order valence-corrected chi connectivity index (χ2v) is 12.6. The van der Waals surface area contributed by atoms with Gasteiger partial charge in [0.1, 0.15) is 11.6 Å². The zero-order chi connectivity index (χ0) is 25.7. The summed E-state index contributed by atoms with van der Waals surface area (Å²) in [5.41, 5.74) is -1.63. The Morgan fingerprint density at radius 1 is 1.11 bits per heavy atom. The summed E-state index contributed by atoms with van der Waals surface area (Å²) >= 11 is 0. The Balaban J connectivity index is 1.75. The molecule has 3 aliphatic heterocycles. The van der Waals surface area contributed by atoms with Crippen LogP contribution in [-0.4, -0.2) is 52.4 Å². The van der Waals surface area contributed by atoms with E-state index in [2.05, 4.69) is 9.88 Å². The van der Waals surface area contributed by atoms with E-state index in [9.17, 15) is 22.4 Å². The molecule has 1 saturated heterocycles. The Morgan fingerprint density at radius 3 is 2.47 bits per heavy atom. The lowest BCUT2D eigenvalue weighted by molar-refractivity contribution is -0.137. The number of hydrogen-bond donors (Lipinski definition) is 0. The Labute approximate surface area is 206 Å². The minimum Gasteiger partial charge on any atom is -0.353 e. The summed E-state index contributed by atoms with van der Waals surface area (Å²) in [6, 6.07) is 4.47. The smallest absolute Gasteiger partial charge is 0.353 e. The molecule has 2 aromatic carbocycles. The monoisotopic (exact) mass is 524 g/mol. The van der Waals surface area contributed by atoms with E-state index in [4.69, 9.17) is 0 Å². The van der Waals surface area contributed by atoms with Crippen molar-refractivity contribution in [1.82, 2.24) is 14.5 Å². The molecule has 0 radical (unpaired) electrons. The average molecular weight is 525 g/mol. The molecule has 0 spiro atoms. The highest BCUT2D eigenvalue weighted by Crippen LogP contribution is 2.76. The van der Waals surface area contributed by atoms with Gasteiger partial charge in [-0.15, -0.1) is 0 Å². The zero-order valence-electron chi connectivity index (χ0n) is 20.0. The summed E-state index contributed by atoms with van der Waals surface area (Å²) in [5, 5.41) is 0.120. The fourth-order valence-corrected chi connectivity index (χ4v) is 9.00. The van der Waals surface area contributed by atoms with Crippen LogP contribution in [0.5, 0.6) is 0 Å². The van der Waals surface area contributed by atoms with Crippen LogP contribution >= 0.6 is 10.4 Å². The van der Waals surface area contributed by atoms with Gasteiger partial charge in [-0.2, -0.15) is 22.0 Å². The van der Waals surface area contributed by atoms with Gasteiger partial charge >= 0.3 is 11.9 Å². The van der Waals surface area contributed by atoms with Crippen LogP contribution in [0, 0.1) is 5.82 Å². The number of hydrogen-bond acceptors (Lipinski definition) is 4. The van der Waals surface area contributed by atoms with Gasteiger partial charge in [0.05, 0.1) is 16.0 Å². The largest absolute Gasteiger partial charge is 0.417 e. The third kappa shape index (κ3) is 3.17. The van der Waals surface area contributed by atoms with E-state index in [1.165, 1.54) is 10.6 Å². The second kappa shape index (κ2) is 7.67. The van der Waals surface area contributed by atoms with Crippen molar-refractivity contribution in [3.05, 3.63) is 46.1 Å². The number of likely N-dealkylation sites (N-methyl/N-ethyl adjacent to an activating group) is 1. The second-order valence-electron chi connectivity index (χ2n) is 10.0. The molecule has 0 bridgehead atoms. The van der Waals surface area contributed by atoms with E-state index in [-0.39, 0.29) is 68.4 Å². The van der Waals surface area contributed by atoms with Crippen molar-refractivity contribution in [2.24, 2.45) is 0 Å². The van der Waals surface area contributed by atoms with Crippen LogP contribution in [0.15, 0.2) is 38.9 Å². The number of anilines is 1. The first kappa shape index (κ1) is 23.7.